The third kappa shape index (κ3) is 2.59. The minimum atomic E-state index is 0.596. The fourth-order valence-electron chi connectivity index (χ4n) is 4.29. The second-order valence-corrected chi connectivity index (χ2v) is 7.60. The molecule has 5 rings (SSSR count). The lowest BCUT2D eigenvalue weighted by Gasteiger charge is -2.13. The monoisotopic (exact) mass is 347 g/mol. The van der Waals surface area contributed by atoms with E-state index in [0.717, 1.165) is 0 Å². The molecule has 0 fully saturated rings. The van der Waals surface area contributed by atoms with Crippen LogP contribution >= 0.6 is 0 Å². The molecule has 0 heterocycles. The van der Waals surface area contributed by atoms with Gasteiger partial charge in [-0.25, -0.2) is 0 Å². The van der Waals surface area contributed by atoms with E-state index in [-0.39, 0.29) is 0 Å². The van der Waals surface area contributed by atoms with Crippen LogP contribution in [0.4, 0.5) is 0 Å². The molecule has 0 spiro atoms. The van der Waals surface area contributed by atoms with Gasteiger partial charge in [0.1, 0.15) is 0 Å². The van der Waals surface area contributed by atoms with Crippen LogP contribution in [0.15, 0.2) is 78.4 Å². The molecule has 0 bridgehead atoms. The Balaban J connectivity index is 1.81. The van der Waals surface area contributed by atoms with E-state index in [1.54, 1.807) is 0 Å². The Morgan fingerprint density at radius 1 is 0.741 bits per heavy atom. The Morgan fingerprint density at radius 3 is 2.30 bits per heavy atom. The van der Waals surface area contributed by atoms with E-state index in [1.165, 1.54) is 55.8 Å². The zero-order valence-electron chi connectivity index (χ0n) is 15.9. The summed E-state index contributed by atoms with van der Waals surface area (Å²) in [6.07, 6.45) is 5.95. The molecule has 0 saturated carbocycles. The summed E-state index contributed by atoms with van der Waals surface area (Å²) in [5.74, 6) is 0.596. The van der Waals surface area contributed by atoms with Crippen LogP contribution < -0.4 is 0 Å². The summed E-state index contributed by atoms with van der Waals surface area (Å²) < 4.78 is 0. The molecule has 131 valence electrons. The van der Waals surface area contributed by atoms with Gasteiger partial charge in [0.2, 0.25) is 0 Å². The van der Waals surface area contributed by atoms with E-state index in [0.29, 0.717) is 5.92 Å². The van der Waals surface area contributed by atoms with Gasteiger partial charge in [-0.1, -0.05) is 92.2 Å². The zero-order valence-corrected chi connectivity index (χ0v) is 15.9. The molecule has 4 aromatic rings. The quantitative estimate of drug-likeness (QED) is 0.334. The molecule has 1 radical (unpaired) electrons. The minimum absolute atomic E-state index is 0.596. The van der Waals surface area contributed by atoms with Crippen molar-refractivity contribution in [1.82, 2.24) is 0 Å². The van der Waals surface area contributed by atoms with E-state index < -0.39 is 0 Å². The van der Waals surface area contributed by atoms with Gasteiger partial charge in [0.25, 0.3) is 0 Å². The smallest absolute Gasteiger partial charge is 0.0167 e. The Morgan fingerprint density at radius 2 is 1.48 bits per heavy atom. The highest BCUT2D eigenvalue weighted by atomic mass is 14.2. The summed E-state index contributed by atoms with van der Waals surface area (Å²) in [5.41, 5.74) is 6.83. The van der Waals surface area contributed by atoms with E-state index >= 15 is 0 Å². The molecule has 0 aromatic heterocycles. The van der Waals surface area contributed by atoms with Crippen LogP contribution in [0.1, 0.15) is 31.4 Å². The van der Waals surface area contributed by atoms with Crippen molar-refractivity contribution in [3.05, 3.63) is 95.9 Å². The summed E-state index contributed by atoms with van der Waals surface area (Å²) in [4.78, 5) is 0. The highest BCUT2D eigenvalue weighted by Gasteiger charge is 2.21. The normalized spacial score (nSPS) is 14.4. The number of rotatable bonds is 3. The maximum atomic E-state index is 2.41. The Hall–Kier alpha value is -2.86. The van der Waals surface area contributed by atoms with Crippen molar-refractivity contribution in [1.29, 1.82) is 0 Å². The van der Waals surface area contributed by atoms with Crippen LogP contribution in [-0.2, 0) is 0 Å². The Kier molecular flexibility index (Phi) is 3.86. The maximum absolute atomic E-state index is 2.41. The van der Waals surface area contributed by atoms with Gasteiger partial charge in [0.15, 0.2) is 0 Å². The average molecular weight is 347 g/mol. The molecule has 0 heteroatoms. The summed E-state index contributed by atoms with van der Waals surface area (Å²) in [7, 11) is 0. The molecule has 0 saturated heterocycles. The van der Waals surface area contributed by atoms with Crippen molar-refractivity contribution < 1.29 is 0 Å². The highest BCUT2D eigenvalue weighted by molar-refractivity contribution is 6.14. The third-order valence-corrected chi connectivity index (χ3v) is 6.01. The zero-order chi connectivity index (χ0) is 18.4. The summed E-state index contributed by atoms with van der Waals surface area (Å²) >= 11 is 0. The van der Waals surface area contributed by atoms with Crippen LogP contribution in [0, 0.1) is 12.3 Å². The van der Waals surface area contributed by atoms with Gasteiger partial charge < -0.3 is 0 Å². The van der Waals surface area contributed by atoms with Crippen molar-refractivity contribution >= 4 is 27.6 Å². The first-order valence-corrected chi connectivity index (χ1v) is 9.86. The summed E-state index contributed by atoms with van der Waals surface area (Å²) in [6.45, 7) is 4.58. The molecule has 0 amide bonds. The van der Waals surface area contributed by atoms with Crippen molar-refractivity contribution in [2.75, 3.05) is 0 Å². The van der Waals surface area contributed by atoms with Gasteiger partial charge in [-0.05, 0) is 62.2 Å². The van der Waals surface area contributed by atoms with Gasteiger partial charge in [-0.15, -0.1) is 0 Å². The molecule has 4 aromatic carbocycles. The number of benzene rings is 4. The predicted octanol–water partition coefficient (Wildman–Crippen LogP) is 7.66. The van der Waals surface area contributed by atoms with E-state index in [4.69, 9.17) is 0 Å². The molecular formula is C27H23. The minimum Gasteiger partial charge on any atom is -0.0648 e. The molecule has 27 heavy (non-hydrogen) atoms. The summed E-state index contributed by atoms with van der Waals surface area (Å²) in [5, 5.41) is 5.29. The maximum Gasteiger partial charge on any atom is 0.0167 e. The first kappa shape index (κ1) is 16.3. The third-order valence-electron chi connectivity index (χ3n) is 6.01. The van der Waals surface area contributed by atoms with Gasteiger partial charge in [0, 0.05) is 6.42 Å². The Labute approximate surface area is 161 Å². The fraction of sp³-hybridized carbons (Fsp3) is 0.148. The van der Waals surface area contributed by atoms with Gasteiger partial charge in [-0.3, -0.25) is 0 Å². The van der Waals surface area contributed by atoms with E-state index in [1.807, 2.05) is 0 Å². The standard InChI is InChI=1S/C27H23/c1-3-18(2)21-15-19-10-8-14-25(26(19)17-21)27-16-20-9-4-5-11-22(20)23-12-6-7-13-24(23)27/h4-18H,3H2,1-2H3. The van der Waals surface area contributed by atoms with E-state index in [9.17, 15) is 0 Å². The van der Waals surface area contributed by atoms with Crippen molar-refractivity contribution in [3.63, 3.8) is 0 Å². The number of fused-ring (bicyclic) bond motifs is 4. The van der Waals surface area contributed by atoms with Gasteiger partial charge in [0.05, 0.1) is 0 Å². The molecule has 1 aliphatic carbocycles. The average Bonchev–Trinajstić information content (AvgIpc) is 3.17. The predicted molar refractivity (Wildman–Crippen MR) is 118 cm³/mol. The SMILES string of the molecule is CCC(C)C1=Cc2c(cccc2-c2cc3ccccc3c3ccccc23)[CH]1. The van der Waals surface area contributed by atoms with Crippen LogP contribution in [0.2, 0.25) is 0 Å². The second kappa shape index (κ2) is 6.39. The first-order valence-electron chi connectivity index (χ1n) is 9.86. The molecule has 0 N–H and O–H groups in total. The Bertz CT molecular complexity index is 1190. The largest absolute Gasteiger partial charge is 0.0648 e. The molecule has 0 aliphatic heterocycles. The number of hydrogen-bond donors (Lipinski definition) is 0. The van der Waals surface area contributed by atoms with Crippen LogP contribution in [0.25, 0.3) is 38.7 Å². The molecular weight excluding hydrogens is 324 g/mol. The first-order chi connectivity index (χ1) is 13.3. The van der Waals surface area contributed by atoms with Crippen molar-refractivity contribution in [2.24, 2.45) is 5.92 Å². The highest BCUT2D eigenvalue weighted by Crippen LogP contribution is 2.41. The number of allylic oxidation sites excluding steroid dienone is 1. The lowest BCUT2D eigenvalue weighted by atomic mass is 9.90. The summed E-state index contributed by atoms with van der Waals surface area (Å²) in [6, 6.07) is 26.6. The molecule has 0 nitrogen and oxygen atoms in total. The van der Waals surface area contributed by atoms with Crippen LogP contribution in [-0.4, -0.2) is 0 Å². The van der Waals surface area contributed by atoms with Crippen LogP contribution in [0.3, 0.4) is 0 Å². The van der Waals surface area contributed by atoms with Crippen molar-refractivity contribution in [2.45, 2.75) is 20.3 Å². The van der Waals surface area contributed by atoms with E-state index in [2.05, 4.69) is 99.1 Å². The fourth-order valence-corrected chi connectivity index (χ4v) is 4.29. The van der Waals surface area contributed by atoms with Crippen LogP contribution in [0.5, 0.6) is 0 Å². The molecule has 1 unspecified atom stereocenters. The van der Waals surface area contributed by atoms with Crippen molar-refractivity contribution in [3.8, 4) is 11.1 Å². The van der Waals surface area contributed by atoms with Gasteiger partial charge >= 0.3 is 0 Å². The molecule has 1 atom stereocenters. The lowest BCUT2D eigenvalue weighted by molar-refractivity contribution is 0.669. The second-order valence-electron chi connectivity index (χ2n) is 7.60. The topological polar surface area (TPSA) is 0 Å². The number of hydrogen-bond acceptors (Lipinski definition) is 0. The van der Waals surface area contributed by atoms with Gasteiger partial charge in [-0.2, -0.15) is 0 Å². The molecule has 1 aliphatic rings. The lowest BCUT2D eigenvalue weighted by Crippen LogP contribution is -1.95.